The fourth-order valence-corrected chi connectivity index (χ4v) is 2.79. The normalized spacial score (nSPS) is 13.4. The molecule has 1 aromatic carbocycles. The molecule has 0 radical (unpaired) electrons. The Morgan fingerprint density at radius 1 is 1.22 bits per heavy atom. The third kappa shape index (κ3) is 5.09. The maximum absolute atomic E-state index is 12.2. The van der Waals surface area contributed by atoms with Gasteiger partial charge in [-0.3, -0.25) is 4.79 Å². The largest absolute Gasteiger partial charge is 0.548 e. The number of carboxylic acid groups (broad SMARTS) is 1. The van der Waals surface area contributed by atoms with Gasteiger partial charge < -0.3 is 24.4 Å². The molecule has 2 aromatic rings. The van der Waals surface area contributed by atoms with Crippen molar-refractivity contribution >= 4 is 22.8 Å². The predicted octanol–water partition coefficient (Wildman–Crippen LogP) is 1.40. The average Bonchev–Trinajstić information content (AvgIpc) is 2.58. The zero-order valence-corrected chi connectivity index (χ0v) is 15.9. The predicted molar refractivity (Wildman–Crippen MR) is 98.3 cm³/mol. The summed E-state index contributed by atoms with van der Waals surface area (Å²) in [6.07, 6.45) is 0.707. The standard InChI is InChI=1S/C20H25NO6/c1-5-6-13-9-17(22)27-16-10-14(7-8-15(13)16)26-12(4)19(23)21-18(11(2)3)20(24)25/h7-12,18H,5-6H2,1-4H3,(H,21,23)(H,24,25)/p-1/t12-,18+/m1/s1. The zero-order chi connectivity index (χ0) is 20.1. The Hall–Kier alpha value is -2.83. The Kier molecular flexibility index (Phi) is 6.60. The topological polar surface area (TPSA) is 109 Å². The van der Waals surface area contributed by atoms with Gasteiger partial charge in [0, 0.05) is 17.5 Å². The molecule has 1 heterocycles. The SMILES string of the molecule is CCCc1cc(=O)oc2cc(O[C@H](C)C(=O)N[C@H](C(=O)[O-])C(C)C)ccc12. The van der Waals surface area contributed by atoms with Crippen molar-refractivity contribution in [2.75, 3.05) is 0 Å². The van der Waals surface area contributed by atoms with E-state index in [0.717, 1.165) is 23.8 Å². The Morgan fingerprint density at radius 2 is 1.93 bits per heavy atom. The van der Waals surface area contributed by atoms with Crippen LogP contribution >= 0.6 is 0 Å². The Morgan fingerprint density at radius 3 is 2.52 bits per heavy atom. The maximum Gasteiger partial charge on any atom is 0.336 e. The number of amides is 1. The molecule has 0 saturated heterocycles. The maximum atomic E-state index is 12.2. The number of carbonyl (C=O) groups excluding carboxylic acids is 2. The number of hydrogen-bond acceptors (Lipinski definition) is 6. The molecule has 1 aromatic heterocycles. The number of benzene rings is 1. The van der Waals surface area contributed by atoms with Crippen molar-refractivity contribution in [3.63, 3.8) is 0 Å². The third-order valence-electron chi connectivity index (χ3n) is 4.22. The van der Waals surface area contributed by atoms with Crippen LogP contribution in [-0.4, -0.2) is 24.0 Å². The Labute approximate surface area is 157 Å². The molecule has 1 N–H and O–H groups in total. The van der Waals surface area contributed by atoms with Crippen LogP contribution in [0.5, 0.6) is 5.75 Å². The van der Waals surface area contributed by atoms with Gasteiger partial charge in [0.05, 0.1) is 12.0 Å². The molecule has 0 unspecified atom stereocenters. The van der Waals surface area contributed by atoms with Gasteiger partial charge in [-0.1, -0.05) is 27.2 Å². The lowest BCUT2D eigenvalue weighted by Crippen LogP contribution is -2.53. The molecule has 2 rings (SSSR count). The first-order chi connectivity index (χ1) is 12.7. The zero-order valence-electron chi connectivity index (χ0n) is 15.9. The highest BCUT2D eigenvalue weighted by Crippen LogP contribution is 2.24. The van der Waals surface area contributed by atoms with Crippen molar-refractivity contribution in [2.45, 2.75) is 52.7 Å². The van der Waals surface area contributed by atoms with Crippen LogP contribution in [-0.2, 0) is 16.0 Å². The molecule has 0 aliphatic carbocycles. The monoisotopic (exact) mass is 374 g/mol. The van der Waals surface area contributed by atoms with Crippen LogP contribution in [0.2, 0.25) is 0 Å². The highest BCUT2D eigenvalue weighted by molar-refractivity contribution is 5.86. The summed E-state index contributed by atoms with van der Waals surface area (Å²) in [7, 11) is 0. The van der Waals surface area contributed by atoms with Gasteiger partial charge in [-0.25, -0.2) is 4.79 Å². The molecule has 7 heteroatoms. The second kappa shape index (κ2) is 8.70. The van der Waals surface area contributed by atoms with Crippen LogP contribution in [0.25, 0.3) is 11.0 Å². The molecule has 0 aliphatic rings. The molecular formula is C20H24NO6-. The molecule has 1 amide bonds. The van der Waals surface area contributed by atoms with Crippen LogP contribution in [0.3, 0.4) is 0 Å². The fraction of sp³-hybridized carbons (Fsp3) is 0.450. The van der Waals surface area contributed by atoms with Gasteiger partial charge in [0.15, 0.2) is 6.10 Å². The highest BCUT2D eigenvalue weighted by atomic mass is 16.5. The van der Waals surface area contributed by atoms with E-state index in [2.05, 4.69) is 5.32 Å². The van der Waals surface area contributed by atoms with E-state index in [1.54, 1.807) is 32.0 Å². The number of carbonyl (C=O) groups is 2. The van der Waals surface area contributed by atoms with E-state index in [1.807, 2.05) is 6.92 Å². The first-order valence-corrected chi connectivity index (χ1v) is 8.97. The molecule has 27 heavy (non-hydrogen) atoms. The molecule has 0 bridgehead atoms. The van der Waals surface area contributed by atoms with E-state index in [-0.39, 0.29) is 5.92 Å². The first kappa shape index (κ1) is 20.5. The van der Waals surface area contributed by atoms with Gasteiger partial charge in [0.2, 0.25) is 0 Å². The minimum atomic E-state index is -1.35. The van der Waals surface area contributed by atoms with Crippen molar-refractivity contribution in [1.82, 2.24) is 5.32 Å². The van der Waals surface area contributed by atoms with Crippen molar-refractivity contribution < 1.29 is 23.8 Å². The molecule has 0 saturated carbocycles. The Bertz CT molecular complexity index is 886. The fourth-order valence-electron chi connectivity index (χ4n) is 2.79. The number of aliphatic carboxylic acids is 1. The lowest BCUT2D eigenvalue weighted by Gasteiger charge is -2.25. The summed E-state index contributed by atoms with van der Waals surface area (Å²) in [5, 5.41) is 14.3. The molecular weight excluding hydrogens is 350 g/mol. The number of aryl methyl sites for hydroxylation is 1. The number of carboxylic acids is 1. The van der Waals surface area contributed by atoms with E-state index in [1.165, 1.54) is 13.0 Å². The van der Waals surface area contributed by atoms with Crippen molar-refractivity contribution in [1.29, 1.82) is 0 Å². The van der Waals surface area contributed by atoms with Gasteiger partial charge in [-0.05, 0) is 37.0 Å². The van der Waals surface area contributed by atoms with Crippen LogP contribution in [0, 0.1) is 5.92 Å². The van der Waals surface area contributed by atoms with E-state index >= 15 is 0 Å². The molecule has 146 valence electrons. The second-order valence-corrected chi connectivity index (χ2v) is 6.81. The Balaban J connectivity index is 2.19. The number of ether oxygens (including phenoxy) is 1. The van der Waals surface area contributed by atoms with Gasteiger partial charge >= 0.3 is 5.63 Å². The molecule has 7 nitrogen and oxygen atoms in total. The lowest BCUT2D eigenvalue weighted by atomic mass is 10.0. The minimum absolute atomic E-state index is 0.321. The second-order valence-electron chi connectivity index (χ2n) is 6.81. The van der Waals surface area contributed by atoms with Gasteiger partial charge in [0.1, 0.15) is 11.3 Å². The van der Waals surface area contributed by atoms with Gasteiger partial charge in [0.25, 0.3) is 5.91 Å². The summed E-state index contributed by atoms with van der Waals surface area (Å²) in [6.45, 7) is 6.88. The summed E-state index contributed by atoms with van der Waals surface area (Å²) < 4.78 is 10.8. The molecule has 0 aliphatic heterocycles. The van der Waals surface area contributed by atoms with Crippen LogP contribution in [0.1, 0.15) is 39.7 Å². The lowest BCUT2D eigenvalue weighted by molar-refractivity contribution is -0.309. The van der Waals surface area contributed by atoms with E-state index in [0.29, 0.717) is 11.3 Å². The summed E-state index contributed by atoms with van der Waals surface area (Å²) in [6, 6.07) is 5.40. The quantitative estimate of drug-likeness (QED) is 0.700. The first-order valence-electron chi connectivity index (χ1n) is 8.97. The third-order valence-corrected chi connectivity index (χ3v) is 4.22. The average molecular weight is 374 g/mol. The van der Waals surface area contributed by atoms with E-state index in [4.69, 9.17) is 9.15 Å². The van der Waals surface area contributed by atoms with Crippen LogP contribution in [0.15, 0.2) is 33.5 Å². The highest BCUT2D eigenvalue weighted by Gasteiger charge is 2.22. The summed E-state index contributed by atoms with van der Waals surface area (Å²) in [5.74, 6) is -1.89. The van der Waals surface area contributed by atoms with Crippen molar-refractivity contribution in [2.24, 2.45) is 5.92 Å². The number of rotatable bonds is 8. The summed E-state index contributed by atoms with van der Waals surface area (Å²) in [4.78, 5) is 35.1. The molecule has 0 spiro atoms. The number of hydrogen-bond donors (Lipinski definition) is 1. The van der Waals surface area contributed by atoms with Gasteiger partial charge in [-0.15, -0.1) is 0 Å². The smallest absolute Gasteiger partial charge is 0.336 e. The van der Waals surface area contributed by atoms with Crippen LogP contribution in [0.4, 0.5) is 0 Å². The summed E-state index contributed by atoms with van der Waals surface area (Å²) >= 11 is 0. The molecule has 0 fully saturated rings. The van der Waals surface area contributed by atoms with Crippen molar-refractivity contribution in [3.8, 4) is 5.75 Å². The minimum Gasteiger partial charge on any atom is -0.548 e. The van der Waals surface area contributed by atoms with E-state index < -0.39 is 29.6 Å². The van der Waals surface area contributed by atoms with Crippen LogP contribution < -0.4 is 20.8 Å². The molecule has 2 atom stereocenters. The number of fused-ring (bicyclic) bond motifs is 1. The summed E-state index contributed by atoms with van der Waals surface area (Å²) in [5.41, 5.74) is 0.836. The van der Waals surface area contributed by atoms with E-state index in [9.17, 15) is 19.5 Å². The number of nitrogens with one attached hydrogen (secondary N) is 1. The van der Waals surface area contributed by atoms with Crippen molar-refractivity contribution in [3.05, 3.63) is 40.2 Å². The van der Waals surface area contributed by atoms with Gasteiger partial charge in [-0.2, -0.15) is 0 Å².